The first-order valence-corrected chi connectivity index (χ1v) is 17.8. The van der Waals surface area contributed by atoms with Crippen LogP contribution in [-0.4, -0.2) is 54.5 Å². The number of amides is 2. The molecule has 47 heavy (non-hydrogen) atoms. The van der Waals surface area contributed by atoms with E-state index in [1.807, 2.05) is 44.2 Å². The van der Waals surface area contributed by atoms with Gasteiger partial charge in [0.1, 0.15) is 6.10 Å². The number of carbonyl (C=O) groups excluding carboxylic acids is 2. The fourth-order valence-electron chi connectivity index (χ4n) is 5.78. The van der Waals surface area contributed by atoms with Gasteiger partial charge in [0, 0.05) is 24.9 Å². The zero-order valence-corrected chi connectivity index (χ0v) is 29.8. The molecule has 1 aliphatic rings. The monoisotopic (exact) mass is 654 g/mol. The quantitative estimate of drug-likeness (QED) is 0.0816. The molecule has 8 nitrogen and oxygen atoms in total. The second kappa shape index (κ2) is 21.1. The summed E-state index contributed by atoms with van der Waals surface area (Å²) in [6.07, 6.45) is 21.4. The lowest BCUT2D eigenvalue weighted by molar-refractivity contribution is -0.304. The van der Waals surface area contributed by atoms with Crippen molar-refractivity contribution < 1.29 is 29.0 Å². The van der Waals surface area contributed by atoms with Gasteiger partial charge < -0.3 is 25.2 Å². The minimum Gasteiger partial charge on any atom is -0.481 e. The molecule has 2 unspecified atom stereocenters. The van der Waals surface area contributed by atoms with Crippen molar-refractivity contribution in [2.75, 3.05) is 19.7 Å². The molecule has 8 heteroatoms. The molecule has 1 aromatic rings. The molecule has 1 fully saturated rings. The third-order valence-electron chi connectivity index (χ3n) is 8.86. The third kappa shape index (κ3) is 15.7. The number of unbranched alkanes of at least 4 members (excludes halogenated alkanes) is 8. The number of hydrogen-bond donors (Lipinski definition) is 3. The first kappa shape index (κ1) is 40.2. The molecule has 0 saturated carbocycles. The van der Waals surface area contributed by atoms with Crippen LogP contribution in [0.25, 0.3) is 0 Å². The second-order valence-corrected chi connectivity index (χ2v) is 14.2. The van der Waals surface area contributed by atoms with Gasteiger partial charge in [0.2, 0.25) is 11.8 Å². The maximum atomic E-state index is 13.4. The summed E-state index contributed by atoms with van der Waals surface area (Å²) < 4.78 is 11.7. The Morgan fingerprint density at radius 3 is 2.19 bits per heavy atom. The van der Waals surface area contributed by atoms with E-state index in [1.54, 1.807) is 13.8 Å². The zero-order valence-electron chi connectivity index (χ0n) is 29.8. The Bertz CT molecular complexity index is 1130. The Labute approximate surface area is 284 Å². The average molecular weight is 655 g/mol. The van der Waals surface area contributed by atoms with Crippen LogP contribution in [0, 0.1) is 10.8 Å². The topological polar surface area (TPSA) is 114 Å². The normalized spacial score (nSPS) is 18.6. The minimum absolute atomic E-state index is 0.0710. The van der Waals surface area contributed by atoms with Crippen molar-refractivity contribution in [2.45, 2.75) is 136 Å². The molecule has 1 aromatic carbocycles. The molecule has 1 saturated heterocycles. The molecular formula is C39H62N2O6. The minimum atomic E-state index is -1.31. The Balaban J connectivity index is 1.79. The predicted octanol–water partition coefficient (Wildman–Crippen LogP) is 7.91. The van der Waals surface area contributed by atoms with Crippen molar-refractivity contribution in [1.29, 1.82) is 0 Å². The van der Waals surface area contributed by atoms with Crippen LogP contribution in [-0.2, 0) is 30.3 Å². The van der Waals surface area contributed by atoms with E-state index >= 15 is 0 Å². The van der Waals surface area contributed by atoms with Crippen molar-refractivity contribution in [3.05, 3.63) is 60.2 Å². The Morgan fingerprint density at radius 2 is 1.53 bits per heavy atom. The molecular weight excluding hydrogens is 592 g/mol. The first-order chi connectivity index (χ1) is 22.4. The van der Waals surface area contributed by atoms with Crippen molar-refractivity contribution in [3.63, 3.8) is 0 Å². The van der Waals surface area contributed by atoms with Gasteiger partial charge in [-0.1, -0.05) is 108 Å². The first-order valence-electron chi connectivity index (χ1n) is 17.8. The highest BCUT2D eigenvalue weighted by Crippen LogP contribution is 2.35. The van der Waals surface area contributed by atoms with E-state index in [-0.39, 0.29) is 37.7 Å². The number of ether oxygens (including phenoxy) is 2. The SMILES string of the molecule is CCCCC/C=C\C/C=C\CCCCCCCC(=O)NCCC(CNC(=O)C1OC(C)(C)OCC1(C)C)(Cc1ccccc1)C(=O)O. The molecule has 1 heterocycles. The molecule has 0 bridgehead atoms. The highest BCUT2D eigenvalue weighted by molar-refractivity contribution is 5.83. The Morgan fingerprint density at radius 1 is 0.894 bits per heavy atom. The largest absolute Gasteiger partial charge is 0.481 e. The summed E-state index contributed by atoms with van der Waals surface area (Å²) >= 11 is 0. The number of rotatable bonds is 23. The van der Waals surface area contributed by atoms with Crippen molar-refractivity contribution in [1.82, 2.24) is 10.6 Å². The number of nitrogens with one attached hydrogen (secondary N) is 2. The van der Waals surface area contributed by atoms with Gasteiger partial charge >= 0.3 is 5.97 Å². The number of carboxylic acids is 1. The Kier molecular flexibility index (Phi) is 18.0. The maximum absolute atomic E-state index is 13.4. The van der Waals surface area contributed by atoms with Gasteiger partial charge in [-0.2, -0.15) is 0 Å². The lowest BCUT2D eigenvalue weighted by Crippen LogP contribution is -2.58. The summed E-state index contributed by atoms with van der Waals surface area (Å²) in [5.74, 6) is -2.37. The summed E-state index contributed by atoms with van der Waals surface area (Å²) in [5, 5.41) is 16.3. The van der Waals surface area contributed by atoms with Crippen molar-refractivity contribution in [2.24, 2.45) is 10.8 Å². The predicted molar refractivity (Wildman–Crippen MR) is 189 cm³/mol. The molecule has 0 radical (unpaired) electrons. The van der Waals surface area contributed by atoms with E-state index in [9.17, 15) is 19.5 Å². The standard InChI is InChI=1S/C39H62N2O6/c1-6-7-8-9-10-11-12-13-14-15-16-17-18-19-23-26-33(42)40-28-27-39(36(44)45,29-32-24-21-20-22-25-32)30-41-35(43)34-37(2,3)31-46-38(4,5)47-34/h10-11,13-14,20-22,24-25,34H,6-9,12,15-19,23,26-31H2,1-5H3,(H,40,42)(H,41,43)(H,44,45)/b11-10-,14-13-. The van der Waals surface area contributed by atoms with Crippen molar-refractivity contribution >= 4 is 17.8 Å². The molecule has 0 spiro atoms. The Hall–Kier alpha value is -2.97. The van der Waals surface area contributed by atoms with Gasteiger partial charge in [-0.05, 0) is 70.8 Å². The molecule has 2 rings (SSSR count). The van der Waals surface area contributed by atoms with E-state index < -0.39 is 28.7 Å². The van der Waals surface area contributed by atoms with E-state index in [2.05, 4.69) is 41.9 Å². The summed E-state index contributed by atoms with van der Waals surface area (Å²) in [4.78, 5) is 38.8. The van der Waals surface area contributed by atoms with Gasteiger partial charge in [0.25, 0.3) is 0 Å². The lowest BCUT2D eigenvalue weighted by atomic mass is 9.78. The van der Waals surface area contributed by atoms with Gasteiger partial charge in [0.15, 0.2) is 5.79 Å². The van der Waals surface area contributed by atoms with Crippen LogP contribution in [0.15, 0.2) is 54.6 Å². The summed E-state index contributed by atoms with van der Waals surface area (Å²) in [6, 6.07) is 9.39. The number of carbonyl (C=O) groups is 3. The van der Waals surface area contributed by atoms with Crippen LogP contribution in [0.2, 0.25) is 0 Å². The number of carboxylic acid groups (broad SMARTS) is 1. The molecule has 1 aliphatic heterocycles. The van der Waals surface area contributed by atoms with Gasteiger partial charge in [-0.15, -0.1) is 0 Å². The number of hydrogen-bond acceptors (Lipinski definition) is 5. The van der Waals surface area contributed by atoms with Crippen LogP contribution in [0.1, 0.15) is 124 Å². The molecule has 0 aromatic heterocycles. The van der Waals surface area contributed by atoms with E-state index in [0.29, 0.717) is 13.0 Å². The van der Waals surface area contributed by atoms with Crippen LogP contribution in [0.5, 0.6) is 0 Å². The lowest BCUT2D eigenvalue weighted by Gasteiger charge is -2.45. The molecule has 264 valence electrons. The summed E-state index contributed by atoms with van der Waals surface area (Å²) in [7, 11) is 0. The second-order valence-electron chi connectivity index (χ2n) is 14.2. The fraction of sp³-hybridized carbons (Fsp3) is 0.667. The number of allylic oxidation sites excluding steroid dienone is 4. The highest BCUT2D eigenvalue weighted by atomic mass is 16.7. The number of benzene rings is 1. The smallest absolute Gasteiger partial charge is 0.311 e. The van der Waals surface area contributed by atoms with Crippen LogP contribution >= 0.6 is 0 Å². The van der Waals surface area contributed by atoms with E-state index in [4.69, 9.17) is 9.47 Å². The van der Waals surface area contributed by atoms with Crippen LogP contribution < -0.4 is 10.6 Å². The molecule has 0 aliphatic carbocycles. The van der Waals surface area contributed by atoms with E-state index in [1.165, 1.54) is 25.7 Å². The molecule has 3 N–H and O–H groups in total. The average Bonchev–Trinajstić information content (AvgIpc) is 3.03. The summed E-state index contributed by atoms with van der Waals surface area (Å²) in [5.41, 5.74) is -1.04. The highest BCUT2D eigenvalue weighted by Gasteiger charge is 2.47. The van der Waals surface area contributed by atoms with Crippen LogP contribution in [0.4, 0.5) is 0 Å². The van der Waals surface area contributed by atoms with Gasteiger partial charge in [0.05, 0.1) is 12.0 Å². The number of aliphatic carboxylic acids is 1. The maximum Gasteiger partial charge on any atom is 0.311 e. The van der Waals surface area contributed by atoms with Crippen LogP contribution in [0.3, 0.4) is 0 Å². The zero-order chi connectivity index (χ0) is 34.6. The fourth-order valence-corrected chi connectivity index (χ4v) is 5.78. The van der Waals surface area contributed by atoms with Gasteiger partial charge in [-0.25, -0.2) is 0 Å². The summed E-state index contributed by atoms with van der Waals surface area (Å²) in [6.45, 7) is 10.00. The van der Waals surface area contributed by atoms with Gasteiger partial charge in [-0.3, -0.25) is 14.4 Å². The molecule has 2 atom stereocenters. The third-order valence-corrected chi connectivity index (χ3v) is 8.86. The van der Waals surface area contributed by atoms with E-state index in [0.717, 1.165) is 50.5 Å². The van der Waals surface area contributed by atoms with Crippen molar-refractivity contribution in [3.8, 4) is 0 Å². The molecule has 2 amide bonds.